The molecule has 4 saturated carbocycles. The van der Waals surface area contributed by atoms with Crippen LogP contribution in [0.3, 0.4) is 0 Å². The van der Waals surface area contributed by atoms with Gasteiger partial charge in [-0.3, -0.25) is 0 Å². The highest BCUT2D eigenvalue weighted by Crippen LogP contribution is 2.61. The Kier molecular flexibility index (Phi) is 2.45. The summed E-state index contributed by atoms with van der Waals surface area (Å²) in [6, 6.07) is 4.80. The summed E-state index contributed by atoms with van der Waals surface area (Å²) in [5.74, 6) is 1.74. The first-order chi connectivity index (χ1) is 9.56. The van der Waals surface area contributed by atoms with Gasteiger partial charge in [0.1, 0.15) is 5.75 Å². The van der Waals surface area contributed by atoms with Crippen molar-refractivity contribution in [3.8, 4) is 5.75 Å². The lowest BCUT2D eigenvalue weighted by molar-refractivity contribution is -0.00616. The quantitative estimate of drug-likeness (QED) is 0.865. The molecule has 3 heteroatoms. The Morgan fingerprint density at radius 1 is 1.05 bits per heavy atom. The summed E-state index contributed by atoms with van der Waals surface area (Å²) in [6.45, 7) is 0. The minimum atomic E-state index is -0.907. The van der Waals surface area contributed by atoms with Crippen LogP contribution >= 0.6 is 0 Å². The van der Waals surface area contributed by atoms with Gasteiger partial charge >= 0.3 is 5.97 Å². The van der Waals surface area contributed by atoms with E-state index in [1.165, 1.54) is 25.3 Å². The Balaban J connectivity index is 1.80. The zero-order valence-electron chi connectivity index (χ0n) is 11.5. The highest BCUT2D eigenvalue weighted by atomic mass is 16.4. The maximum Gasteiger partial charge on any atom is 0.335 e. The van der Waals surface area contributed by atoms with E-state index in [1.54, 1.807) is 12.1 Å². The number of benzene rings is 1. The Labute approximate surface area is 118 Å². The third-order valence-electron chi connectivity index (χ3n) is 5.85. The second-order valence-electron chi connectivity index (χ2n) is 7.23. The van der Waals surface area contributed by atoms with Crippen LogP contribution in [0.15, 0.2) is 18.2 Å². The van der Waals surface area contributed by atoms with Gasteiger partial charge in [0.15, 0.2) is 0 Å². The van der Waals surface area contributed by atoms with Crippen molar-refractivity contribution in [2.45, 2.75) is 43.9 Å². The van der Waals surface area contributed by atoms with Gasteiger partial charge in [-0.1, -0.05) is 0 Å². The molecule has 4 aliphatic rings. The van der Waals surface area contributed by atoms with E-state index in [0.29, 0.717) is 5.56 Å². The molecule has 0 radical (unpaired) electrons. The molecule has 0 spiro atoms. The highest BCUT2D eigenvalue weighted by molar-refractivity contribution is 5.88. The number of aromatic hydroxyl groups is 1. The lowest BCUT2D eigenvalue weighted by atomic mass is 9.48. The van der Waals surface area contributed by atoms with Crippen LogP contribution in [0.5, 0.6) is 5.75 Å². The molecule has 4 bridgehead atoms. The van der Waals surface area contributed by atoms with Gasteiger partial charge in [0.05, 0.1) is 5.56 Å². The van der Waals surface area contributed by atoms with Crippen LogP contribution in [0.1, 0.15) is 54.4 Å². The van der Waals surface area contributed by atoms with Crippen molar-refractivity contribution in [1.82, 2.24) is 0 Å². The Morgan fingerprint density at radius 3 is 2.10 bits per heavy atom. The van der Waals surface area contributed by atoms with Crippen molar-refractivity contribution in [1.29, 1.82) is 0 Å². The van der Waals surface area contributed by atoms with E-state index in [1.807, 2.05) is 0 Å². The lowest BCUT2D eigenvalue weighted by Crippen LogP contribution is -2.48. The molecule has 0 saturated heterocycles. The molecular formula is C17H20O3. The predicted molar refractivity (Wildman–Crippen MR) is 74.9 cm³/mol. The van der Waals surface area contributed by atoms with Crippen LogP contribution < -0.4 is 0 Å². The summed E-state index contributed by atoms with van der Waals surface area (Å²) in [7, 11) is 0. The molecule has 0 aliphatic heterocycles. The van der Waals surface area contributed by atoms with Crippen molar-refractivity contribution in [3.05, 3.63) is 29.3 Å². The fraction of sp³-hybridized carbons (Fsp3) is 0.588. The summed E-state index contributed by atoms with van der Waals surface area (Å²) in [6.07, 6.45) is 7.44. The van der Waals surface area contributed by atoms with Crippen molar-refractivity contribution >= 4 is 5.97 Å². The standard InChI is InChI=1S/C17H20O3/c18-15-2-1-13(16(19)20)6-14(15)17-7-10-3-11(8-17)5-12(4-10)9-17/h1-2,6,10-12,18H,3-5,7-9H2,(H,19,20). The second kappa shape index (κ2) is 4.00. The summed E-state index contributed by atoms with van der Waals surface area (Å²) < 4.78 is 0. The van der Waals surface area contributed by atoms with Gasteiger partial charge in [-0.2, -0.15) is 0 Å². The molecule has 0 atom stereocenters. The zero-order chi connectivity index (χ0) is 13.9. The SMILES string of the molecule is O=C(O)c1ccc(O)c(C23CC4CC(CC(C4)C2)C3)c1. The van der Waals surface area contributed by atoms with Gasteiger partial charge in [-0.05, 0) is 79.9 Å². The Bertz CT molecular complexity index is 540. The lowest BCUT2D eigenvalue weighted by Gasteiger charge is -2.57. The van der Waals surface area contributed by atoms with E-state index in [9.17, 15) is 15.0 Å². The molecule has 4 aliphatic carbocycles. The topological polar surface area (TPSA) is 57.5 Å². The minimum absolute atomic E-state index is 0.0459. The van der Waals surface area contributed by atoms with Gasteiger partial charge in [-0.15, -0.1) is 0 Å². The van der Waals surface area contributed by atoms with Gasteiger partial charge in [0.2, 0.25) is 0 Å². The van der Waals surface area contributed by atoms with Crippen molar-refractivity contribution < 1.29 is 15.0 Å². The molecule has 0 aromatic heterocycles. The zero-order valence-corrected chi connectivity index (χ0v) is 11.5. The summed E-state index contributed by atoms with van der Waals surface area (Å²) in [5, 5.41) is 19.5. The van der Waals surface area contributed by atoms with Crippen LogP contribution in [-0.2, 0) is 5.41 Å². The largest absolute Gasteiger partial charge is 0.508 e. The fourth-order valence-electron chi connectivity index (χ4n) is 5.53. The number of hydrogen-bond acceptors (Lipinski definition) is 2. The average Bonchev–Trinajstić information content (AvgIpc) is 2.37. The molecular weight excluding hydrogens is 252 g/mol. The monoisotopic (exact) mass is 272 g/mol. The number of aromatic carboxylic acids is 1. The molecule has 1 aromatic rings. The van der Waals surface area contributed by atoms with E-state index < -0.39 is 5.97 Å². The predicted octanol–water partition coefficient (Wildman–Crippen LogP) is 3.56. The molecule has 106 valence electrons. The number of rotatable bonds is 2. The normalized spacial score (nSPS) is 38.1. The maximum atomic E-state index is 11.2. The third kappa shape index (κ3) is 1.68. The molecule has 0 heterocycles. The highest BCUT2D eigenvalue weighted by Gasteiger charge is 2.52. The van der Waals surface area contributed by atoms with Crippen LogP contribution in [0, 0.1) is 17.8 Å². The average molecular weight is 272 g/mol. The molecule has 3 nitrogen and oxygen atoms in total. The number of carboxylic acid groups (broad SMARTS) is 1. The molecule has 1 aromatic carbocycles. The minimum Gasteiger partial charge on any atom is -0.508 e. The molecule has 5 rings (SSSR count). The third-order valence-corrected chi connectivity index (χ3v) is 5.85. The summed E-state index contributed by atoms with van der Waals surface area (Å²) >= 11 is 0. The Hall–Kier alpha value is -1.51. The summed E-state index contributed by atoms with van der Waals surface area (Å²) in [4.78, 5) is 11.2. The fourth-order valence-corrected chi connectivity index (χ4v) is 5.53. The van der Waals surface area contributed by atoms with Crippen LogP contribution in [-0.4, -0.2) is 16.2 Å². The molecule has 0 amide bonds. The van der Waals surface area contributed by atoms with E-state index >= 15 is 0 Å². The first-order valence-corrected chi connectivity index (χ1v) is 7.62. The number of hydrogen-bond donors (Lipinski definition) is 2. The van der Waals surface area contributed by atoms with E-state index in [4.69, 9.17) is 0 Å². The molecule has 2 N–H and O–H groups in total. The first kappa shape index (κ1) is 12.2. The van der Waals surface area contributed by atoms with E-state index in [2.05, 4.69) is 0 Å². The van der Waals surface area contributed by atoms with E-state index in [0.717, 1.165) is 42.6 Å². The molecule has 4 fully saturated rings. The Morgan fingerprint density at radius 2 is 1.60 bits per heavy atom. The van der Waals surface area contributed by atoms with Crippen molar-refractivity contribution in [3.63, 3.8) is 0 Å². The van der Waals surface area contributed by atoms with Gasteiger partial charge in [0.25, 0.3) is 0 Å². The van der Waals surface area contributed by atoms with Gasteiger partial charge in [0, 0.05) is 5.56 Å². The molecule has 20 heavy (non-hydrogen) atoms. The smallest absolute Gasteiger partial charge is 0.335 e. The first-order valence-electron chi connectivity index (χ1n) is 7.62. The van der Waals surface area contributed by atoms with Crippen molar-refractivity contribution in [2.75, 3.05) is 0 Å². The van der Waals surface area contributed by atoms with Crippen molar-refractivity contribution in [2.24, 2.45) is 17.8 Å². The summed E-state index contributed by atoms with van der Waals surface area (Å²) in [5.41, 5.74) is 1.25. The second-order valence-corrected chi connectivity index (χ2v) is 7.23. The van der Waals surface area contributed by atoms with Crippen LogP contribution in [0.4, 0.5) is 0 Å². The molecule has 0 unspecified atom stereocenters. The van der Waals surface area contributed by atoms with Gasteiger partial charge in [-0.25, -0.2) is 4.79 Å². The number of phenolic OH excluding ortho intramolecular Hbond substituents is 1. The maximum absolute atomic E-state index is 11.2. The van der Waals surface area contributed by atoms with E-state index in [-0.39, 0.29) is 11.2 Å². The number of phenols is 1. The number of carboxylic acids is 1. The van der Waals surface area contributed by atoms with Crippen LogP contribution in [0.25, 0.3) is 0 Å². The van der Waals surface area contributed by atoms with Gasteiger partial charge < -0.3 is 10.2 Å². The van der Waals surface area contributed by atoms with Crippen LogP contribution in [0.2, 0.25) is 0 Å². The number of carbonyl (C=O) groups is 1.